The molecule has 0 atom stereocenters. The van der Waals surface area contributed by atoms with E-state index in [-0.39, 0.29) is 5.82 Å². The van der Waals surface area contributed by atoms with Crippen molar-refractivity contribution in [2.75, 3.05) is 0 Å². The van der Waals surface area contributed by atoms with Crippen molar-refractivity contribution in [2.24, 2.45) is 5.92 Å². The summed E-state index contributed by atoms with van der Waals surface area (Å²) in [5.41, 5.74) is 1.93. The standard InChI is InChI=1S/C15H18FN/c16-14-7-3-6-13-12(10-17-15(13)14)9-8-11-4-1-2-5-11/h3,6-7,10-11,17H,1-2,4-5,8-9H2. The van der Waals surface area contributed by atoms with Gasteiger partial charge in [-0.1, -0.05) is 37.8 Å². The third-order valence-electron chi connectivity index (χ3n) is 4.05. The van der Waals surface area contributed by atoms with Crippen molar-refractivity contribution in [2.45, 2.75) is 38.5 Å². The van der Waals surface area contributed by atoms with Gasteiger partial charge in [0.05, 0.1) is 5.52 Å². The number of rotatable bonds is 3. The maximum atomic E-state index is 13.5. The largest absolute Gasteiger partial charge is 0.359 e. The minimum absolute atomic E-state index is 0.144. The molecule has 0 aliphatic heterocycles. The van der Waals surface area contributed by atoms with Crippen LogP contribution in [0, 0.1) is 11.7 Å². The number of halogens is 1. The van der Waals surface area contributed by atoms with Gasteiger partial charge in [0.25, 0.3) is 0 Å². The number of hydrogen-bond acceptors (Lipinski definition) is 0. The molecule has 1 aromatic heterocycles. The SMILES string of the molecule is Fc1cccc2c(CCC3CCCC3)c[nH]c12. The summed E-state index contributed by atoms with van der Waals surface area (Å²) in [4.78, 5) is 3.06. The summed E-state index contributed by atoms with van der Waals surface area (Å²) < 4.78 is 13.5. The van der Waals surface area contributed by atoms with Gasteiger partial charge in [0.2, 0.25) is 0 Å². The van der Waals surface area contributed by atoms with Crippen LogP contribution in [0.5, 0.6) is 0 Å². The van der Waals surface area contributed by atoms with E-state index >= 15 is 0 Å². The van der Waals surface area contributed by atoms with Crippen LogP contribution in [-0.2, 0) is 6.42 Å². The second-order valence-corrected chi connectivity index (χ2v) is 5.17. The van der Waals surface area contributed by atoms with Crippen LogP contribution in [0.4, 0.5) is 4.39 Å². The third-order valence-corrected chi connectivity index (χ3v) is 4.05. The van der Waals surface area contributed by atoms with Crippen molar-refractivity contribution >= 4 is 10.9 Å². The van der Waals surface area contributed by atoms with Crippen LogP contribution in [0.3, 0.4) is 0 Å². The van der Waals surface area contributed by atoms with Gasteiger partial charge in [-0.2, -0.15) is 0 Å². The lowest BCUT2D eigenvalue weighted by molar-refractivity contribution is 0.504. The molecule has 17 heavy (non-hydrogen) atoms. The zero-order chi connectivity index (χ0) is 11.7. The van der Waals surface area contributed by atoms with E-state index in [2.05, 4.69) is 4.98 Å². The molecule has 1 aliphatic rings. The lowest BCUT2D eigenvalue weighted by Crippen LogP contribution is -1.95. The van der Waals surface area contributed by atoms with E-state index in [1.165, 1.54) is 43.7 Å². The number of nitrogens with one attached hydrogen (secondary N) is 1. The number of fused-ring (bicyclic) bond motifs is 1. The molecule has 90 valence electrons. The van der Waals surface area contributed by atoms with Gasteiger partial charge >= 0.3 is 0 Å². The first kappa shape index (κ1) is 10.8. The van der Waals surface area contributed by atoms with Crippen molar-refractivity contribution in [1.82, 2.24) is 4.98 Å². The summed E-state index contributed by atoms with van der Waals surface area (Å²) in [6, 6.07) is 5.32. The fraction of sp³-hybridized carbons (Fsp3) is 0.467. The van der Waals surface area contributed by atoms with Crippen molar-refractivity contribution in [3.8, 4) is 0 Å². The Labute approximate surface area is 101 Å². The molecule has 0 saturated heterocycles. The van der Waals surface area contributed by atoms with E-state index in [1.54, 1.807) is 6.07 Å². The Morgan fingerprint density at radius 2 is 2.06 bits per heavy atom. The summed E-state index contributed by atoms with van der Waals surface area (Å²) in [6.45, 7) is 0. The van der Waals surface area contributed by atoms with Crippen molar-refractivity contribution in [3.05, 3.63) is 35.8 Å². The number of para-hydroxylation sites is 1. The van der Waals surface area contributed by atoms with Gasteiger partial charge in [-0.05, 0) is 30.4 Å². The summed E-state index contributed by atoms with van der Waals surface area (Å²) in [6.07, 6.45) is 9.87. The molecule has 0 unspecified atom stereocenters. The highest BCUT2D eigenvalue weighted by atomic mass is 19.1. The van der Waals surface area contributed by atoms with Gasteiger partial charge in [-0.25, -0.2) is 4.39 Å². The molecule has 1 aromatic carbocycles. The summed E-state index contributed by atoms with van der Waals surface area (Å²) >= 11 is 0. The molecule has 1 aliphatic carbocycles. The average Bonchev–Trinajstić information content (AvgIpc) is 2.95. The topological polar surface area (TPSA) is 15.8 Å². The van der Waals surface area contributed by atoms with E-state index in [0.717, 1.165) is 17.7 Å². The zero-order valence-electron chi connectivity index (χ0n) is 10.0. The predicted octanol–water partition coefficient (Wildman–Crippen LogP) is 4.43. The third kappa shape index (κ3) is 2.08. The van der Waals surface area contributed by atoms with Crippen molar-refractivity contribution < 1.29 is 4.39 Å². The Morgan fingerprint density at radius 1 is 1.24 bits per heavy atom. The molecule has 0 spiro atoms. The number of aromatic nitrogens is 1. The quantitative estimate of drug-likeness (QED) is 0.804. The summed E-state index contributed by atoms with van der Waals surface area (Å²) in [5.74, 6) is 0.753. The first-order valence-corrected chi connectivity index (χ1v) is 6.59. The molecular formula is C15H18FN. The van der Waals surface area contributed by atoms with Gasteiger partial charge in [0.15, 0.2) is 0 Å². The highest BCUT2D eigenvalue weighted by Crippen LogP contribution is 2.30. The molecule has 0 radical (unpaired) electrons. The predicted molar refractivity (Wildman–Crippen MR) is 68.5 cm³/mol. The van der Waals surface area contributed by atoms with Crippen LogP contribution >= 0.6 is 0 Å². The monoisotopic (exact) mass is 231 g/mol. The first-order valence-electron chi connectivity index (χ1n) is 6.59. The fourth-order valence-electron chi connectivity index (χ4n) is 3.04. The van der Waals surface area contributed by atoms with E-state index < -0.39 is 0 Å². The smallest absolute Gasteiger partial charge is 0.147 e. The van der Waals surface area contributed by atoms with Crippen LogP contribution in [-0.4, -0.2) is 4.98 Å². The molecule has 3 rings (SSSR count). The Kier molecular flexibility index (Phi) is 2.87. The Hall–Kier alpha value is -1.31. The molecule has 1 nitrogen and oxygen atoms in total. The molecule has 2 heteroatoms. The van der Waals surface area contributed by atoms with Gasteiger partial charge in [0, 0.05) is 11.6 Å². The maximum absolute atomic E-state index is 13.5. The van der Waals surface area contributed by atoms with E-state index in [1.807, 2.05) is 12.3 Å². The molecule has 0 bridgehead atoms. The Bertz CT molecular complexity index is 509. The lowest BCUT2D eigenvalue weighted by atomic mass is 9.98. The summed E-state index contributed by atoms with van der Waals surface area (Å²) in [7, 11) is 0. The minimum atomic E-state index is -0.144. The highest BCUT2D eigenvalue weighted by Gasteiger charge is 2.15. The minimum Gasteiger partial charge on any atom is -0.359 e. The second kappa shape index (κ2) is 4.52. The Morgan fingerprint density at radius 3 is 2.88 bits per heavy atom. The van der Waals surface area contributed by atoms with E-state index in [9.17, 15) is 4.39 Å². The van der Waals surface area contributed by atoms with Gasteiger partial charge in [0.1, 0.15) is 5.82 Å². The average molecular weight is 231 g/mol. The number of benzene rings is 1. The number of aromatic amines is 1. The van der Waals surface area contributed by atoms with E-state index in [4.69, 9.17) is 0 Å². The van der Waals surface area contributed by atoms with Gasteiger partial charge < -0.3 is 4.98 Å². The number of H-pyrrole nitrogens is 1. The van der Waals surface area contributed by atoms with Crippen molar-refractivity contribution in [1.29, 1.82) is 0 Å². The van der Waals surface area contributed by atoms with Gasteiger partial charge in [-0.3, -0.25) is 0 Å². The molecule has 1 saturated carbocycles. The maximum Gasteiger partial charge on any atom is 0.147 e. The first-order chi connectivity index (χ1) is 8.34. The summed E-state index contributed by atoms with van der Waals surface area (Å²) in [5, 5.41) is 1.06. The molecular weight excluding hydrogens is 213 g/mol. The molecule has 1 heterocycles. The second-order valence-electron chi connectivity index (χ2n) is 5.17. The van der Waals surface area contributed by atoms with E-state index in [0.29, 0.717) is 5.52 Å². The van der Waals surface area contributed by atoms with Crippen LogP contribution < -0.4 is 0 Å². The van der Waals surface area contributed by atoms with Crippen LogP contribution in [0.25, 0.3) is 10.9 Å². The highest BCUT2D eigenvalue weighted by molar-refractivity contribution is 5.83. The van der Waals surface area contributed by atoms with Crippen LogP contribution in [0.2, 0.25) is 0 Å². The van der Waals surface area contributed by atoms with Crippen LogP contribution in [0.15, 0.2) is 24.4 Å². The Balaban J connectivity index is 1.78. The fourth-order valence-corrected chi connectivity index (χ4v) is 3.04. The van der Waals surface area contributed by atoms with Gasteiger partial charge in [-0.15, -0.1) is 0 Å². The molecule has 2 aromatic rings. The van der Waals surface area contributed by atoms with Crippen LogP contribution in [0.1, 0.15) is 37.7 Å². The molecule has 1 fully saturated rings. The lowest BCUT2D eigenvalue weighted by Gasteiger charge is -2.07. The normalized spacial score (nSPS) is 17.0. The zero-order valence-corrected chi connectivity index (χ0v) is 10.0. The molecule has 1 N–H and O–H groups in total. The molecule has 0 amide bonds. The van der Waals surface area contributed by atoms with Crippen molar-refractivity contribution in [3.63, 3.8) is 0 Å². The number of aryl methyl sites for hydroxylation is 1. The number of hydrogen-bond donors (Lipinski definition) is 1.